The summed E-state index contributed by atoms with van der Waals surface area (Å²) in [7, 11) is 0. The third-order valence-corrected chi connectivity index (χ3v) is 8.19. The normalized spacial score (nSPS) is 17.4. The van der Waals surface area contributed by atoms with Gasteiger partial charge in [0.25, 0.3) is 5.91 Å². The van der Waals surface area contributed by atoms with E-state index in [1.54, 1.807) is 6.07 Å². The van der Waals surface area contributed by atoms with Gasteiger partial charge >= 0.3 is 6.03 Å². The molecule has 210 valence electrons. The summed E-state index contributed by atoms with van der Waals surface area (Å²) in [5.74, 6) is 0.487. The van der Waals surface area contributed by atoms with Gasteiger partial charge in [-0.1, -0.05) is 42.5 Å². The zero-order valence-corrected chi connectivity index (χ0v) is 23.5. The molecule has 0 saturated carbocycles. The number of hydrogen-bond acceptors (Lipinski definition) is 4. The van der Waals surface area contributed by atoms with Crippen LogP contribution in [0.1, 0.15) is 52.7 Å². The molecule has 0 radical (unpaired) electrons. The van der Waals surface area contributed by atoms with Crippen molar-refractivity contribution in [3.63, 3.8) is 0 Å². The van der Waals surface area contributed by atoms with Crippen molar-refractivity contribution in [2.75, 3.05) is 41.8 Å². The largest absolute Gasteiger partial charge is 0.376 e. The molecular formula is C33H40N4O3. The van der Waals surface area contributed by atoms with Crippen LogP contribution in [0.15, 0.2) is 66.7 Å². The van der Waals surface area contributed by atoms with Crippen LogP contribution >= 0.6 is 0 Å². The molecule has 1 atom stereocenters. The summed E-state index contributed by atoms with van der Waals surface area (Å²) < 4.78 is 5.71. The van der Waals surface area contributed by atoms with Crippen LogP contribution in [0.25, 0.3) is 0 Å². The number of nitrogens with one attached hydrogen (secondary N) is 3. The van der Waals surface area contributed by atoms with Crippen molar-refractivity contribution >= 4 is 29.0 Å². The second kappa shape index (κ2) is 13.0. The lowest BCUT2D eigenvalue weighted by Gasteiger charge is -2.35. The van der Waals surface area contributed by atoms with Crippen LogP contribution in [0.5, 0.6) is 0 Å². The summed E-state index contributed by atoms with van der Waals surface area (Å²) in [6.45, 7) is 7.02. The molecule has 0 spiro atoms. The Kier molecular flexibility index (Phi) is 9.01. The van der Waals surface area contributed by atoms with E-state index in [1.165, 1.54) is 5.56 Å². The van der Waals surface area contributed by atoms with Gasteiger partial charge in [-0.3, -0.25) is 4.79 Å². The van der Waals surface area contributed by atoms with Crippen LogP contribution in [0, 0.1) is 19.8 Å². The minimum atomic E-state index is -0.339. The minimum absolute atomic E-state index is 0.0609. The first kappa shape index (κ1) is 27.7. The molecule has 2 aliphatic heterocycles. The lowest BCUT2D eigenvalue weighted by atomic mass is 9.89. The molecule has 7 nitrogen and oxygen atoms in total. The number of benzene rings is 3. The second-order valence-corrected chi connectivity index (χ2v) is 11.0. The van der Waals surface area contributed by atoms with Gasteiger partial charge in [-0.15, -0.1) is 0 Å². The smallest absolute Gasteiger partial charge is 0.323 e. The highest BCUT2D eigenvalue weighted by atomic mass is 16.5. The molecule has 3 aromatic carbocycles. The van der Waals surface area contributed by atoms with Gasteiger partial charge in [-0.25, -0.2) is 4.79 Å². The van der Waals surface area contributed by atoms with Gasteiger partial charge in [-0.05, 0) is 92.8 Å². The highest BCUT2D eigenvalue weighted by Crippen LogP contribution is 2.30. The Morgan fingerprint density at radius 2 is 1.73 bits per heavy atom. The van der Waals surface area contributed by atoms with E-state index < -0.39 is 0 Å². The fourth-order valence-electron chi connectivity index (χ4n) is 5.68. The third kappa shape index (κ3) is 7.02. The average Bonchev–Trinajstić information content (AvgIpc) is 3.49. The first-order chi connectivity index (χ1) is 19.5. The average molecular weight is 541 g/mol. The lowest BCUT2D eigenvalue weighted by molar-refractivity contribution is 0.0858. The van der Waals surface area contributed by atoms with E-state index in [4.69, 9.17) is 4.74 Å². The van der Waals surface area contributed by atoms with Gasteiger partial charge in [0, 0.05) is 43.3 Å². The number of urea groups is 1. The zero-order chi connectivity index (χ0) is 27.9. The number of carbonyl (C=O) groups excluding carboxylic acids is 2. The topological polar surface area (TPSA) is 82.7 Å². The van der Waals surface area contributed by atoms with E-state index in [9.17, 15) is 9.59 Å². The van der Waals surface area contributed by atoms with E-state index in [0.717, 1.165) is 74.3 Å². The SMILES string of the molecule is Cc1cccc(NC(=O)Nc2ccc(N3CCC(Cc4ccccc4)CC3)c(C(=O)NC[C@H]3CCCO3)c2)c1C. The number of amides is 3. The minimum Gasteiger partial charge on any atom is -0.376 e. The Morgan fingerprint density at radius 1 is 0.925 bits per heavy atom. The molecule has 7 heteroatoms. The first-order valence-electron chi connectivity index (χ1n) is 14.4. The Bertz CT molecular complexity index is 1310. The van der Waals surface area contributed by atoms with Crippen LogP contribution in [-0.2, 0) is 11.2 Å². The van der Waals surface area contributed by atoms with Gasteiger partial charge in [-0.2, -0.15) is 0 Å². The standard InChI is InChI=1S/C33H40N4O3/c1-23-8-6-12-30(24(23)2)36-33(39)35-27-13-14-31(29(21-27)32(38)34-22-28-11-7-19-40-28)37-17-15-26(16-18-37)20-25-9-4-3-5-10-25/h3-6,8-10,12-14,21,26,28H,7,11,15-20,22H2,1-2H3,(H,34,38)(H2,35,36,39)/t28-/m1/s1. The van der Waals surface area contributed by atoms with Crippen LogP contribution in [0.4, 0.5) is 21.9 Å². The summed E-state index contributed by atoms with van der Waals surface area (Å²) in [4.78, 5) is 28.6. The summed E-state index contributed by atoms with van der Waals surface area (Å²) in [6, 6.07) is 21.8. The molecule has 0 unspecified atom stereocenters. The zero-order valence-electron chi connectivity index (χ0n) is 23.5. The quantitative estimate of drug-likeness (QED) is 0.312. The maximum atomic E-state index is 13.5. The number of aryl methyl sites for hydroxylation is 1. The number of carbonyl (C=O) groups is 2. The molecule has 3 N–H and O–H groups in total. The highest BCUT2D eigenvalue weighted by Gasteiger charge is 2.25. The predicted octanol–water partition coefficient (Wildman–Crippen LogP) is 6.32. The van der Waals surface area contributed by atoms with E-state index in [-0.39, 0.29) is 18.0 Å². The van der Waals surface area contributed by atoms with Gasteiger partial charge in [0.1, 0.15) is 0 Å². The number of rotatable bonds is 8. The number of hydrogen-bond donors (Lipinski definition) is 3. The van der Waals surface area contributed by atoms with Crippen molar-refractivity contribution in [2.24, 2.45) is 5.92 Å². The third-order valence-electron chi connectivity index (χ3n) is 8.19. The molecule has 0 aromatic heterocycles. The van der Waals surface area contributed by atoms with Crippen molar-refractivity contribution in [3.05, 3.63) is 89.0 Å². The molecule has 2 heterocycles. The number of piperidine rings is 1. The van der Waals surface area contributed by atoms with Crippen molar-refractivity contribution in [1.82, 2.24) is 5.32 Å². The molecule has 2 aliphatic rings. The number of nitrogens with zero attached hydrogens (tertiary/aromatic N) is 1. The maximum Gasteiger partial charge on any atom is 0.323 e. The van der Waals surface area contributed by atoms with Crippen molar-refractivity contribution in [3.8, 4) is 0 Å². The Morgan fingerprint density at radius 3 is 2.48 bits per heavy atom. The molecule has 2 saturated heterocycles. The van der Waals surface area contributed by atoms with Crippen molar-refractivity contribution in [1.29, 1.82) is 0 Å². The Hall–Kier alpha value is -3.84. The van der Waals surface area contributed by atoms with Crippen molar-refractivity contribution < 1.29 is 14.3 Å². The predicted molar refractivity (Wildman–Crippen MR) is 161 cm³/mol. The highest BCUT2D eigenvalue weighted by molar-refractivity contribution is 6.04. The lowest BCUT2D eigenvalue weighted by Crippen LogP contribution is -2.37. The second-order valence-electron chi connectivity index (χ2n) is 11.0. The summed E-state index contributed by atoms with van der Waals surface area (Å²) in [5, 5.41) is 8.93. The molecular weight excluding hydrogens is 500 g/mol. The van der Waals surface area contributed by atoms with E-state index in [1.807, 2.05) is 44.2 Å². The molecule has 2 fully saturated rings. The molecule has 3 amide bonds. The summed E-state index contributed by atoms with van der Waals surface area (Å²) in [5.41, 5.74) is 6.34. The van der Waals surface area contributed by atoms with Gasteiger partial charge < -0.3 is 25.6 Å². The molecule has 5 rings (SSSR count). The van der Waals surface area contributed by atoms with Gasteiger partial charge in [0.15, 0.2) is 0 Å². The first-order valence-corrected chi connectivity index (χ1v) is 14.4. The fourth-order valence-corrected chi connectivity index (χ4v) is 5.68. The van der Waals surface area contributed by atoms with Crippen LogP contribution in [0.2, 0.25) is 0 Å². The van der Waals surface area contributed by atoms with Crippen LogP contribution < -0.4 is 20.9 Å². The Balaban J connectivity index is 1.29. The molecule has 3 aromatic rings. The van der Waals surface area contributed by atoms with E-state index >= 15 is 0 Å². The van der Waals surface area contributed by atoms with E-state index in [2.05, 4.69) is 51.2 Å². The van der Waals surface area contributed by atoms with Gasteiger partial charge in [0.05, 0.1) is 11.7 Å². The molecule has 0 bridgehead atoms. The summed E-state index contributed by atoms with van der Waals surface area (Å²) >= 11 is 0. The molecule has 0 aliphatic carbocycles. The maximum absolute atomic E-state index is 13.5. The van der Waals surface area contributed by atoms with Crippen molar-refractivity contribution in [2.45, 2.75) is 52.1 Å². The Labute approximate surface area is 237 Å². The number of ether oxygens (including phenoxy) is 1. The van der Waals surface area contributed by atoms with E-state index in [0.29, 0.717) is 23.7 Å². The monoisotopic (exact) mass is 540 g/mol. The fraction of sp³-hybridized carbons (Fsp3) is 0.394. The van der Waals surface area contributed by atoms with Gasteiger partial charge in [0.2, 0.25) is 0 Å². The number of anilines is 3. The van der Waals surface area contributed by atoms with Crippen LogP contribution in [0.3, 0.4) is 0 Å². The van der Waals surface area contributed by atoms with Crippen LogP contribution in [-0.4, -0.2) is 44.3 Å². The summed E-state index contributed by atoms with van der Waals surface area (Å²) in [6.07, 6.45) is 5.28. The molecule has 40 heavy (non-hydrogen) atoms.